The Labute approximate surface area is 80.1 Å². The first-order valence-corrected chi connectivity index (χ1v) is 5.93. The monoisotopic (exact) mass is 206 g/mol. The molecule has 0 aliphatic heterocycles. The summed E-state index contributed by atoms with van der Waals surface area (Å²) in [5.74, 6) is 5.28. The Morgan fingerprint density at radius 3 is 2.31 bits per heavy atom. The molecule has 78 valence electrons. The molecule has 0 aliphatic carbocycles. The van der Waals surface area contributed by atoms with Gasteiger partial charge in [-0.15, -0.1) is 6.58 Å². The van der Waals surface area contributed by atoms with Crippen LogP contribution in [0, 0.1) is 0 Å². The summed E-state index contributed by atoms with van der Waals surface area (Å²) in [7, 11) is -3.13. The highest BCUT2D eigenvalue weighted by Crippen LogP contribution is 2.21. The minimum atomic E-state index is -3.13. The van der Waals surface area contributed by atoms with E-state index in [1.54, 1.807) is 19.9 Å². The van der Waals surface area contributed by atoms with Gasteiger partial charge in [-0.2, -0.15) is 0 Å². The zero-order chi connectivity index (χ0) is 10.7. The Morgan fingerprint density at radius 2 is 2.08 bits per heavy atom. The van der Waals surface area contributed by atoms with Crippen molar-refractivity contribution in [2.24, 2.45) is 5.84 Å². The van der Waals surface area contributed by atoms with E-state index in [9.17, 15) is 8.42 Å². The van der Waals surface area contributed by atoms with Gasteiger partial charge in [-0.1, -0.05) is 6.08 Å². The van der Waals surface area contributed by atoms with Crippen LogP contribution in [0.4, 0.5) is 0 Å². The molecule has 0 aliphatic rings. The number of nitrogens with one attached hydrogen (secondary N) is 1. The molecule has 0 spiro atoms. The van der Waals surface area contributed by atoms with E-state index < -0.39 is 14.6 Å². The van der Waals surface area contributed by atoms with E-state index in [0.29, 0.717) is 6.42 Å². The molecule has 0 radical (unpaired) electrons. The Balaban J connectivity index is 4.88. The lowest BCUT2D eigenvalue weighted by Gasteiger charge is -2.31. The van der Waals surface area contributed by atoms with Crippen LogP contribution in [-0.2, 0) is 9.84 Å². The van der Waals surface area contributed by atoms with Gasteiger partial charge in [0.05, 0.1) is 4.75 Å². The lowest BCUT2D eigenvalue weighted by atomic mass is 10.0. The van der Waals surface area contributed by atoms with Crippen molar-refractivity contribution >= 4 is 9.84 Å². The van der Waals surface area contributed by atoms with Crippen LogP contribution >= 0.6 is 0 Å². The van der Waals surface area contributed by atoms with Crippen LogP contribution < -0.4 is 11.3 Å². The van der Waals surface area contributed by atoms with Crippen molar-refractivity contribution in [3.05, 3.63) is 12.7 Å². The van der Waals surface area contributed by atoms with Gasteiger partial charge in [-0.05, 0) is 20.3 Å². The van der Waals surface area contributed by atoms with E-state index in [-0.39, 0.29) is 6.04 Å². The maximum Gasteiger partial charge on any atom is 0.154 e. The summed E-state index contributed by atoms with van der Waals surface area (Å²) in [6.45, 7) is 6.85. The van der Waals surface area contributed by atoms with E-state index in [0.717, 1.165) is 0 Å². The molecular weight excluding hydrogens is 188 g/mol. The van der Waals surface area contributed by atoms with E-state index in [2.05, 4.69) is 12.0 Å². The molecule has 0 aromatic rings. The van der Waals surface area contributed by atoms with Gasteiger partial charge in [-0.25, -0.2) is 8.42 Å². The highest BCUT2D eigenvalue weighted by Gasteiger charge is 2.37. The lowest BCUT2D eigenvalue weighted by molar-refractivity contribution is 0.418. The van der Waals surface area contributed by atoms with Crippen LogP contribution in [-0.4, -0.2) is 25.5 Å². The minimum Gasteiger partial charge on any atom is -0.271 e. The van der Waals surface area contributed by atoms with Crippen LogP contribution in [0.15, 0.2) is 12.7 Å². The van der Waals surface area contributed by atoms with E-state index in [1.807, 2.05) is 0 Å². The maximum absolute atomic E-state index is 11.4. The molecule has 0 bridgehead atoms. The van der Waals surface area contributed by atoms with Gasteiger partial charge < -0.3 is 0 Å². The number of rotatable bonds is 5. The predicted molar refractivity (Wildman–Crippen MR) is 54.8 cm³/mol. The van der Waals surface area contributed by atoms with Gasteiger partial charge in [0.1, 0.15) is 0 Å². The molecule has 5 heteroatoms. The lowest BCUT2D eigenvalue weighted by Crippen LogP contribution is -2.53. The minimum absolute atomic E-state index is 0.306. The predicted octanol–water partition coefficient (Wildman–Crippen LogP) is 0.218. The Kier molecular flexibility index (Phi) is 4.09. The summed E-state index contributed by atoms with van der Waals surface area (Å²) >= 11 is 0. The van der Waals surface area contributed by atoms with Crippen molar-refractivity contribution in [3.63, 3.8) is 0 Å². The van der Waals surface area contributed by atoms with Crippen LogP contribution in [0.5, 0.6) is 0 Å². The molecule has 0 amide bonds. The van der Waals surface area contributed by atoms with Gasteiger partial charge in [-0.3, -0.25) is 11.3 Å². The zero-order valence-corrected chi connectivity index (χ0v) is 9.19. The van der Waals surface area contributed by atoms with Crippen LogP contribution in [0.25, 0.3) is 0 Å². The van der Waals surface area contributed by atoms with E-state index >= 15 is 0 Å². The first-order valence-electron chi connectivity index (χ1n) is 4.04. The summed E-state index contributed by atoms with van der Waals surface area (Å²) in [6.07, 6.45) is 3.38. The van der Waals surface area contributed by atoms with Gasteiger partial charge in [0.25, 0.3) is 0 Å². The Morgan fingerprint density at radius 1 is 1.62 bits per heavy atom. The normalized spacial score (nSPS) is 15.4. The van der Waals surface area contributed by atoms with Gasteiger partial charge in [0.2, 0.25) is 0 Å². The molecule has 0 heterocycles. The highest BCUT2D eigenvalue weighted by molar-refractivity contribution is 7.92. The first kappa shape index (κ1) is 12.6. The van der Waals surface area contributed by atoms with Crippen LogP contribution in [0.3, 0.4) is 0 Å². The van der Waals surface area contributed by atoms with Gasteiger partial charge in [0.15, 0.2) is 9.84 Å². The number of nitrogens with two attached hydrogens (primary N) is 1. The van der Waals surface area contributed by atoms with Crippen molar-refractivity contribution < 1.29 is 8.42 Å². The molecule has 3 N–H and O–H groups in total. The summed E-state index contributed by atoms with van der Waals surface area (Å²) in [4.78, 5) is 0. The topological polar surface area (TPSA) is 72.2 Å². The van der Waals surface area contributed by atoms with E-state index in [4.69, 9.17) is 5.84 Å². The van der Waals surface area contributed by atoms with Gasteiger partial charge >= 0.3 is 0 Å². The molecule has 1 unspecified atom stereocenters. The fourth-order valence-corrected chi connectivity index (χ4v) is 1.66. The average molecular weight is 206 g/mol. The standard InChI is InChI=1S/C8H18N2O2S/c1-5-6-7(10-9)8(2,3)13(4,11)12/h5,7,10H,1,6,9H2,2-4H3. The molecule has 0 rings (SSSR count). The second-order valence-corrected chi connectivity index (χ2v) is 6.22. The third kappa shape index (κ3) is 2.79. The van der Waals surface area contributed by atoms with Crippen molar-refractivity contribution in [1.29, 1.82) is 0 Å². The average Bonchev–Trinajstić information content (AvgIpc) is 1.97. The number of hydrogen-bond donors (Lipinski definition) is 2. The molecule has 0 saturated heterocycles. The fourth-order valence-electron chi connectivity index (χ4n) is 0.978. The van der Waals surface area contributed by atoms with Crippen LogP contribution in [0.2, 0.25) is 0 Å². The summed E-state index contributed by atoms with van der Waals surface area (Å²) < 4.78 is 21.9. The molecular formula is C8H18N2O2S. The second-order valence-electron chi connectivity index (χ2n) is 3.62. The third-order valence-corrected chi connectivity index (χ3v) is 4.59. The molecule has 0 saturated carbocycles. The zero-order valence-electron chi connectivity index (χ0n) is 8.37. The van der Waals surface area contributed by atoms with Crippen LogP contribution in [0.1, 0.15) is 20.3 Å². The molecule has 13 heavy (non-hydrogen) atoms. The van der Waals surface area contributed by atoms with Crippen molar-refractivity contribution in [2.45, 2.75) is 31.1 Å². The highest BCUT2D eigenvalue weighted by atomic mass is 32.2. The maximum atomic E-state index is 11.4. The molecule has 0 aromatic heterocycles. The third-order valence-electron chi connectivity index (χ3n) is 2.40. The van der Waals surface area contributed by atoms with Crippen molar-refractivity contribution in [2.75, 3.05) is 6.26 Å². The van der Waals surface area contributed by atoms with Crippen molar-refractivity contribution in [1.82, 2.24) is 5.43 Å². The molecule has 0 aromatic carbocycles. The Hall–Kier alpha value is -0.390. The first-order chi connectivity index (χ1) is 5.77. The second kappa shape index (κ2) is 4.21. The quantitative estimate of drug-likeness (QED) is 0.383. The molecule has 0 fully saturated rings. The summed E-state index contributed by atoms with van der Waals surface area (Å²) in [5.41, 5.74) is 2.50. The smallest absolute Gasteiger partial charge is 0.154 e. The fraction of sp³-hybridized carbons (Fsp3) is 0.750. The number of sulfone groups is 1. The number of hydrazine groups is 1. The molecule has 4 nitrogen and oxygen atoms in total. The Bertz CT molecular complexity index is 270. The summed E-state index contributed by atoms with van der Waals surface area (Å²) in [6, 6.07) is -0.306. The summed E-state index contributed by atoms with van der Waals surface area (Å²) in [5, 5.41) is 0. The molecule has 1 atom stereocenters. The number of hydrogen-bond acceptors (Lipinski definition) is 4. The SMILES string of the molecule is C=CCC(NN)C(C)(C)S(C)(=O)=O. The van der Waals surface area contributed by atoms with Crippen molar-refractivity contribution in [3.8, 4) is 0 Å². The van der Waals surface area contributed by atoms with Gasteiger partial charge in [0, 0.05) is 12.3 Å². The van der Waals surface area contributed by atoms with E-state index in [1.165, 1.54) is 6.26 Å². The largest absolute Gasteiger partial charge is 0.271 e.